The summed E-state index contributed by atoms with van der Waals surface area (Å²) < 4.78 is 11.2. The molecule has 0 atom stereocenters. The van der Waals surface area contributed by atoms with Gasteiger partial charge in [-0.3, -0.25) is 0 Å². The summed E-state index contributed by atoms with van der Waals surface area (Å²) in [6.45, 7) is 2.55. The van der Waals surface area contributed by atoms with Gasteiger partial charge >= 0.3 is 5.97 Å². The van der Waals surface area contributed by atoms with Gasteiger partial charge in [-0.2, -0.15) is 0 Å². The second kappa shape index (κ2) is 7.89. The summed E-state index contributed by atoms with van der Waals surface area (Å²) in [5, 5.41) is 0. The van der Waals surface area contributed by atoms with Crippen molar-refractivity contribution in [1.29, 1.82) is 0 Å². The molecule has 0 saturated heterocycles. The summed E-state index contributed by atoms with van der Waals surface area (Å²) in [7, 11) is 1.41. The third kappa shape index (κ3) is 3.40. The molecule has 0 radical (unpaired) electrons. The van der Waals surface area contributed by atoms with E-state index in [1.54, 1.807) is 0 Å². The second-order valence-corrected chi connectivity index (χ2v) is 7.17. The standard InChI is InChI=1S/C25H24O3/c1-17-20(11-7-12-21(17)18-8-4-3-5-9-18)16-28-24-22-13-6-10-19(22)14-15-23(24)25(26)27-2/h3-5,7-9,11-12,14-15H,6,10,13,16H2,1-2H3. The molecule has 0 aromatic heterocycles. The van der Waals surface area contributed by atoms with Crippen molar-refractivity contribution in [3.63, 3.8) is 0 Å². The van der Waals surface area contributed by atoms with E-state index in [1.165, 1.54) is 29.4 Å². The first-order chi connectivity index (χ1) is 13.7. The Morgan fingerprint density at radius 1 is 0.964 bits per heavy atom. The van der Waals surface area contributed by atoms with Gasteiger partial charge in [-0.05, 0) is 65.6 Å². The van der Waals surface area contributed by atoms with Crippen LogP contribution in [0.4, 0.5) is 0 Å². The van der Waals surface area contributed by atoms with E-state index in [4.69, 9.17) is 9.47 Å². The molecule has 3 aromatic carbocycles. The van der Waals surface area contributed by atoms with Crippen LogP contribution in [-0.4, -0.2) is 13.1 Å². The van der Waals surface area contributed by atoms with Crippen molar-refractivity contribution >= 4 is 5.97 Å². The molecule has 3 aromatic rings. The Kier molecular flexibility index (Phi) is 5.16. The zero-order valence-electron chi connectivity index (χ0n) is 16.3. The Hall–Kier alpha value is -3.07. The summed E-state index contributed by atoms with van der Waals surface area (Å²) in [5.74, 6) is 0.339. The maximum atomic E-state index is 12.2. The lowest BCUT2D eigenvalue weighted by Gasteiger charge is -2.17. The molecule has 4 rings (SSSR count). The van der Waals surface area contributed by atoms with E-state index in [0.29, 0.717) is 17.9 Å². The number of carbonyl (C=O) groups excluding carboxylic acids is 1. The third-order valence-corrected chi connectivity index (χ3v) is 5.54. The van der Waals surface area contributed by atoms with Crippen LogP contribution in [0.15, 0.2) is 60.7 Å². The van der Waals surface area contributed by atoms with Crippen molar-refractivity contribution in [3.05, 3.63) is 88.5 Å². The molecular formula is C25H24O3. The lowest BCUT2D eigenvalue weighted by Crippen LogP contribution is -2.09. The van der Waals surface area contributed by atoms with Gasteiger partial charge in [0.1, 0.15) is 17.9 Å². The van der Waals surface area contributed by atoms with Gasteiger partial charge in [0.15, 0.2) is 0 Å². The summed E-state index contributed by atoms with van der Waals surface area (Å²) in [5.41, 5.74) is 7.65. The van der Waals surface area contributed by atoms with Gasteiger partial charge in [-0.15, -0.1) is 0 Å². The van der Waals surface area contributed by atoms with E-state index in [9.17, 15) is 4.79 Å². The van der Waals surface area contributed by atoms with E-state index in [1.807, 2.05) is 30.3 Å². The van der Waals surface area contributed by atoms with Crippen LogP contribution in [0.3, 0.4) is 0 Å². The minimum Gasteiger partial charge on any atom is -0.488 e. The largest absolute Gasteiger partial charge is 0.488 e. The fourth-order valence-electron chi connectivity index (χ4n) is 3.99. The third-order valence-electron chi connectivity index (χ3n) is 5.54. The zero-order chi connectivity index (χ0) is 19.5. The number of hydrogen-bond acceptors (Lipinski definition) is 3. The van der Waals surface area contributed by atoms with Gasteiger partial charge in [-0.25, -0.2) is 4.79 Å². The zero-order valence-corrected chi connectivity index (χ0v) is 16.3. The van der Waals surface area contributed by atoms with Crippen molar-refractivity contribution in [2.75, 3.05) is 7.11 Å². The SMILES string of the molecule is COC(=O)c1ccc2c(c1OCc1cccc(-c3ccccc3)c1C)CCC2. The fraction of sp³-hybridized carbons (Fsp3) is 0.240. The molecule has 0 N–H and O–H groups in total. The van der Waals surface area contributed by atoms with E-state index < -0.39 is 0 Å². The number of aryl methyl sites for hydroxylation is 1. The first-order valence-corrected chi connectivity index (χ1v) is 9.69. The summed E-state index contributed by atoms with van der Waals surface area (Å²) in [6, 6.07) is 20.5. The van der Waals surface area contributed by atoms with Crippen LogP contribution in [0.1, 0.15) is 39.0 Å². The molecule has 0 saturated carbocycles. The maximum Gasteiger partial charge on any atom is 0.341 e. The van der Waals surface area contributed by atoms with Crippen LogP contribution in [-0.2, 0) is 24.2 Å². The number of fused-ring (bicyclic) bond motifs is 1. The number of rotatable bonds is 5. The lowest BCUT2D eigenvalue weighted by atomic mass is 9.97. The molecule has 3 nitrogen and oxygen atoms in total. The Morgan fingerprint density at radius 2 is 1.79 bits per heavy atom. The molecule has 0 aliphatic heterocycles. The summed E-state index contributed by atoms with van der Waals surface area (Å²) in [6.07, 6.45) is 3.08. The van der Waals surface area contributed by atoms with Crippen LogP contribution in [0.5, 0.6) is 5.75 Å². The van der Waals surface area contributed by atoms with E-state index in [0.717, 1.165) is 30.4 Å². The quantitative estimate of drug-likeness (QED) is 0.554. The number of carbonyl (C=O) groups is 1. The first-order valence-electron chi connectivity index (χ1n) is 9.69. The Bertz CT molecular complexity index is 1010. The average molecular weight is 372 g/mol. The summed E-state index contributed by atoms with van der Waals surface area (Å²) in [4.78, 5) is 12.2. The average Bonchev–Trinajstić information content (AvgIpc) is 3.22. The van der Waals surface area contributed by atoms with Crippen LogP contribution >= 0.6 is 0 Å². The molecule has 3 heteroatoms. The number of hydrogen-bond donors (Lipinski definition) is 0. The molecular weight excluding hydrogens is 348 g/mol. The van der Waals surface area contributed by atoms with Gasteiger partial charge < -0.3 is 9.47 Å². The Balaban J connectivity index is 1.66. The lowest BCUT2D eigenvalue weighted by molar-refractivity contribution is 0.0595. The van der Waals surface area contributed by atoms with Crippen LogP contribution < -0.4 is 4.74 Å². The summed E-state index contributed by atoms with van der Waals surface area (Å²) >= 11 is 0. The van der Waals surface area contributed by atoms with Crippen LogP contribution in [0, 0.1) is 6.92 Å². The second-order valence-electron chi connectivity index (χ2n) is 7.17. The van der Waals surface area contributed by atoms with Crippen LogP contribution in [0.25, 0.3) is 11.1 Å². The fourth-order valence-corrected chi connectivity index (χ4v) is 3.99. The van der Waals surface area contributed by atoms with Crippen molar-refractivity contribution < 1.29 is 14.3 Å². The topological polar surface area (TPSA) is 35.5 Å². The van der Waals surface area contributed by atoms with Crippen molar-refractivity contribution in [1.82, 2.24) is 0 Å². The molecule has 0 bridgehead atoms. The van der Waals surface area contributed by atoms with Gasteiger partial charge in [-0.1, -0.05) is 54.6 Å². The molecule has 0 heterocycles. The number of methoxy groups -OCH3 is 1. The molecule has 0 fully saturated rings. The van der Waals surface area contributed by atoms with E-state index in [2.05, 4.69) is 37.3 Å². The highest BCUT2D eigenvalue weighted by atomic mass is 16.5. The number of esters is 1. The molecule has 1 aliphatic carbocycles. The van der Waals surface area contributed by atoms with Crippen LogP contribution in [0.2, 0.25) is 0 Å². The highest BCUT2D eigenvalue weighted by Crippen LogP contribution is 2.35. The minimum atomic E-state index is -0.348. The molecule has 0 amide bonds. The molecule has 1 aliphatic rings. The van der Waals surface area contributed by atoms with Gasteiger partial charge in [0, 0.05) is 0 Å². The molecule has 0 spiro atoms. The van der Waals surface area contributed by atoms with Gasteiger partial charge in [0.25, 0.3) is 0 Å². The Labute approximate surface area is 165 Å². The predicted octanol–water partition coefficient (Wildman–Crippen LogP) is 5.52. The smallest absolute Gasteiger partial charge is 0.341 e. The van der Waals surface area contributed by atoms with Gasteiger partial charge in [0.05, 0.1) is 7.11 Å². The monoisotopic (exact) mass is 372 g/mol. The Morgan fingerprint density at radius 3 is 2.57 bits per heavy atom. The van der Waals surface area contributed by atoms with Crippen molar-refractivity contribution in [2.24, 2.45) is 0 Å². The predicted molar refractivity (Wildman–Crippen MR) is 111 cm³/mol. The normalized spacial score (nSPS) is 12.5. The van der Waals surface area contributed by atoms with E-state index >= 15 is 0 Å². The van der Waals surface area contributed by atoms with Crippen molar-refractivity contribution in [2.45, 2.75) is 32.8 Å². The number of benzene rings is 3. The van der Waals surface area contributed by atoms with Crippen molar-refractivity contribution in [3.8, 4) is 16.9 Å². The molecule has 0 unspecified atom stereocenters. The van der Waals surface area contributed by atoms with E-state index in [-0.39, 0.29) is 5.97 Å². The highest BCUT2D eigenvalue weighted by Gasteiger charge is 2.23. The maximum absolute atomic E-state index is 12.2. The first kappa shape index (κ1) is 18.3. The molecule has 142 valence electrons. The minimum absolute atomic E-state index is 0.348. The molecule has 28 heavy (non-hydrogen) atoms. The van der Waals surface area contributed by atoms with Gasteiger partial charge in [0.2, 0.25) is 0 Å². The highest BCUT2D eigenvalue weighted by molar-refractivity contribution is 5.93. The number of ether oxygens (including phenoxy) is 2.